The summed E-state index contributed by atoms with van der Waals surface area (Å²) in [5.41, 5.74) is 2.69. The zero-order valence-electron chi connectivity index (χ0n) is 24.2. The molecule has 0 aromatic heterocycles. The predicted octanol–water partition coefficient (Wildman–Crippen LogP) is 8.28. The Balaban J connectivity index is 0.000000795. The van der Waals surface area contributed by atoms with Crippen LogP contribution in [0.5, 0.6) is 0 Å². The summed E-state index contributed by atoms with van der Waals surface area (Å²) >= 11 is 0. The highest BCUT2D eigenvalue weighted by molar-refractivity contribution is 5.62. The second kappa shape index (κ2) is 9.99. The number of allylic oxidation sites excluding steroid dienone is 4. The SMILES string of the molecule is CC(=O)O.CC(C)CCCC(C)C1CCC2(C)C3C=CC4C(C)(CCC(O)C4(C)C)C3=CCC12C. The molecule has 2 saturated carbocycles. The maximum atomic E-state index is 10.8. The molecule has 3 nitrogen and oxygen atoms in total. The van der Waals surface area contributed by atoms with E-state index in [1.54, 1.807) is 5.57 Å². The summed E-state index contributed by atoms with van der Waals surface area (Å²) in [6.07, 6.45) is 18.0. The van der Waals surface area contributed by atoms with Crippen LogP contribution in [-0.2, 0) is 4.79 Å². The van der Waals surface area contributed by atoms with E-state index in [1.165, 1.54) is 38.5 Å². The second-order valence-corrected chi connectivity index (χ2v) is 14.3. The van der Waals surface area contributed by atoms with Crippen molar-refractivity contribution in [2.24, 2.45) is 51.2 Å². The molecule has 0 radical (unpaired) electrons. The molecule has 0 bridgehead atoms. The summed E-state index contributed by atoms with van der Waals surface area (Å²) in [6.45, 7) is 20.8. The van der Waals surface area contributed by atoms with Crippen LogP contribution in [0.2, 0.25) is 0 Å². The molecule has 0 aliphatic heterocycles. The summed E-state index contributed by atoms with van der Waals surface area (Å²) in [5.74, 6) is 2.72. The maximum Gasteiger partial charge on any atom is 0.300 e. The first-order valence-corrected chi connectivity index (χ1v) is 14.4. The van der Waals surface area contributed by atoms with Crippen LogP contribution in [0.4, 0.5) is 0 Å². The number of fused-ring (bicyclic) bond motifs is 5. The number of rotatable bonds is 5. The number of hydrogen-bond acceptors (Lipinski definition) is 2. The lowest BCUT2D eigenvalue weighted by atomic mass is 9.43. The van der Waals surface area contributed by atoms with Gasteiger partial charge >= 0.3 is 0 Å². The fraction of sp³-hybridized carbons (Fsp3) is 0.844. The zero-order valence-corrected chi connectivity index (χ0v) is 24.2. The Hall–Kier alpha value is -1.09. The topological polar surface area (TPSA) is 57.5 Å². The van der Waals surface area contributed by atoms with E-state index in [0.717, 1.165) is 37.5 Å². The van der Waals surface area contributed by atoms with Gasteiger partial charge in [-0.3, -0.25) is 4.79 Å². The van der Waals surface area contributed by atoms with E-state index in [4.69, 9.17) is 9.90 Å². The molecule has 0 spiro atoms. The van der Waals surface area contributed by atoms with Gasteiger partial charge in [0.15, 0.2) is 0 Å². The molecule has 3 heteroatoms. The molecule has 8 atom stereocenters. The van der Waals surface area contributed by atoms with Gasteiger partial charge in [0.25, 0.3) is 5.97 Å². The molecule has 0 saturated heterocycles. The van der Waals surface area contributed by atoms with Gasteiger partial charge in [0.05, 0.1) is 6.10 Å². The van der Waals surface area contributed by atoms with Crippen molar-refractivity contribution in [3.63, 3.8) is 0 Å². The largest absolute Gasteiger partial charge is 0.481 e. The average molecular weight is 487 g/mol. The van der Waals surface area contributed by atoms with Gasteiger partial charge in [-0.2, -0.15) is 0 Å². The quantitative estimate of drug-likeness (QED) is 0.384. The molecular weight excluding hydrogens is 432 g/mol. The van der Waals surface area contributed by atoms with Crippen LogP contribution in [0, 0.1) is 51.2 Å². The van der Waals surface area contributed by atoms with Crippen molar-refractivity contribution in [3.8, 4) is 0 Å². The van der Waals surface area contributed by atoms with E-state index < -0.39 is 5.97 Å². The average Bonchev–Trinajstić information content (AvgIpc) is 3.02. The first-order chi connectivity index (χ1) is 16.1. The van der Waals surface area contributed by atoms with Gasteiger partial charge < -0.3 is 10.2 Å². The summed E-state index contributed by atoms with van der Waals surface area (Å²) < 4.78 is 0. The molecule has 2 N–H and O–H groups in total. The molecule has 2 fully saturated rings. The van der Waals surface area contributed by atoms with Crippen molar-refractivity contribution >= 4 is 5.97 Å². The molecular formula is C32H54O3. The number of aliphatic carboxylic acids is 1. The van der Waals surface area contributed by atoms with Gasteiger partial charge in [-0.05, 0) is 77.4 Å². The fourth-order valence-electron chi connectivity index (χ4n) is 9.04. The van der Waals surface area contributed by atoms with Crippen molar-refractivity contribution in [1.29, 1.82) is 0 Å². The van der Waals surface area contributed by atoms with Crippen molar-refractivity contribution in [1.82, 2.24) is 0 Å². The minimum atomic E-state index is -0.833. The second-order valence-electron chi connectivity index (χ2n) is 14.3. The van der Waals surface area contributed by atoms with E-state index in [-0.39, 0.29) is 16.9 Å². The van der Waals surface area contributed by atoms with Gasteiger partial charge in [0.2, 0.25) is 0 Å². The first kappa shape index (κ1) is 28.5. The highest BCUT2D eigenvalue weighted by atomic mass is 16.4. The van der Waals surface area contributed by atoms with Crippen molar-refractivity contribution in [2.75, 3.05) is 0 Å². The van der Waals surface area contributed by atoms with Crippen molar-refractivity contribution in [3.05, 3.63) is 23.8 Å². The lowest BCUT2D eigenvalue weighted by molar-refractivity contribution is -0.134. The molecule has 0 heterocycles. The van der Waals surface area contributed by atoms with Gasteiger partial charge in [-0.25, -0.2) is 0 Å². The fourth-order valence-corrected chi connectivity index (χ4v) is 9.04. The third-order valence-corrected chi connectivity index (χ3v) is 11.4. The molecule has 0 amide bonds. The Morgan fingerprint density at radius 3 is 2.23 bits per heavy atom. The Morgan fingerprint density at radius 1 is 1.00 bits per heavy atom. The minimum absolute atomic E-state index is 0.0416. The Morgan fingerprint density at radius 2 is 1.63 bits per heavy atom. The molecule has 4 aliphatic carbocycles. The summed E-state index contributed by atoms with van der Waals surface area (Å²) in [7, 11) is 0. The van der Waals surface area contributed by atoms with Gasteiger partial charge in [0.1, 0.15) is 0 Å². The third-order valence-electron chi connectivity index (χ3n) is 11.4. The first-order valence-electron chi connectivity index (χ1n) is 14.4. The Kier molecular flexibility index (Phi) is 8.13. The van der Waals surface area contributed by atoms with Gasteiger partial charge in [-0.15, -0.1) is 0 Å². The molecule has 8 unspecified atom stereocenters. The molecule has 200 valence electrons. The molecule has 35 heavy (non-hydrogen) atoms. The third kappa shape index (κ3) is 4.80. The monoisotopic (exact) mass is 486 g/mol. The molecule has 4 aliphatic rings. The number of aliphatic hydroxyl groups excluding tert-OH is 1. The Bertz CT molecular complexity index is 834. The minimum Gasteiger partial charge on any atom is -0.481 e. The van der Waals surface area contributed by atoms with Crippen LogP contribution in [0.1, 0.15) is 114 Å². The predicted molar refractivity (Wildman–Crippen MR) is 146 cm³/mol. The molecule has 0 aromatic rings. The van der Waals surface area contributed by atoms with Gasteiger partial charge in [0, 0.05) is 12.8 Å². The smallest absolute Gasteiger partial charge is 0.300 e. The van der Waals surface area contributed by atoms with Crippen LogP contribution in [0.15, 0.2) is 23.8 Å². The van der Waals surface area contributed by atoms with Crippen LogP contribution in [0.25, 0.3) is 0 Å². The summed E-state index contributed by atoms with van der Waals surface area (Å²) in [6, 6.07) is 0. The van der Waals surface area contributed by atoms with Gasteiger partial charge in [-0.1, -0.05) is 98.5 Å². The number of carboxylic acid groups (broad SMARTS) is 1. The van der Waals surface area contributed by atoms with Crippen molar-refractivity contribution in [2.45, 2.75) is 120 Å². The molecule has 0 aromatic carbocycles. The van der Waals surface area contributed by atoms with E-state index >= 15 is 0 Å². The lowest BCUT2D eigenvalue weighted by Crippen LogP contribution is -2.56. The van der Waals surface area contributed by atoms with Crippen LogP contribution < -0.4 is 0 Å². The standard InChI is InChI=1S/C30H50O.C2H4O2/c1-20(2)10-9-11-21(3)22-14-18-30(8)24-12-13-25-27(4,5)26(31)16-17-28(25,6)23(24)15-19-29(22,30)7;1-2(3)4/h12-13,15,20-22,24-26,31H,9-11,14,16-19H2,1-8H3;1H3,(H,3,4). The maximum absolute atomic E-state index is 10.8. The van der Waals surface area contributed by atoms with E-state index in [0.29, 0.717) is 22.7 Å². The van der Waals surface area contributed by atoms with Crippen LogP contribution in [-0.4, -0.2) is 22.3 Å². The number of carboxylic acids is 1. The normalized spacial score (nSPS) is 42.2. The number of aliphatic hydroxyl groups is 1. The summed E-state index contributed by atoms with van der Waals surface area (Å²) in [4.78, 5) is 9.00. The van der Waals surface area contributed by atoms with E-state index in [2.05, 4.69) is 73.6 Å². The number of carbonyl (C=O) groups is 1. The Labute approximate surface area is 215 Å². The molecule has 4 rings (SSSR count). The van der Waals surface area contributed by atoms with Crippen LogP contribution in [0.3, 0.4) is 0 Å². The van der Waals surface area contributed by atoms with E-state index in [1.807, 2.05) is 0 Å². The zero-order chi connectivity index (χ0) is 26.4. The van der Waals surface area contributed by atoms with Crippen LogP contribution >= 0.6 is 0 Å². The van der Waals surface area contributed by atoms with Crippen molar-refractivity contribution < 1.29 is 15.0 Å². The highest BCUT2D eigenvalue weighted by Crippen LogP contribution is 2.71. The van der Waals surface area contributed by atoms with E-state index in [9.17, 15) is 5.11 Å². The highest BCUT2D eigenvalue weighted by Gasteiger charge is 2.64. The number of hydrogen-bond donors (Lipinski definition) is 2. The summed E-state index contributed by atoms with van der Waals surface area (Å²) in [5, 5.41) is 18.2. The lowest BCUT2D eigenvalue weighted by Gasteiger charge is -2.62.